The van der Waals surface area contributed by atoms with Crippen molar-refractivity contribution < 1.29 is 14.3 Å². The van der Waals surface area contributed by atoms with Gasteiger partial charge in [0.1, 0.15) is 5.75 Å². The number of aromatic nitrogens is 1. The Hall–Kier alpha value is -2.93. The standard InChI is InChI=1S/C23H23N3O3S/c1-15(27)26-14-20(29-19-10-4-3-9-18(19)26)23(28)25-12-6-7-16(13-25)22-24-17-8-2-5-11-21(17)30-22/h2-5,8-11,16,20H,6-7,12-14H2,1H3/t16-,20-/m1/s1. The summed E-state index contributed by atoms with van der Waals surface area (Å²) >= 11 is 1.71. The Bertz CT molecular complexity index is 1080. The molecule has 154 valence electrons. The van der Waals surface area contributed by atoms with Crippen LogP contribution in [0.4, 0.5) is 5.69 Å². The summed E-state index contributed by atoms with van der Waals surface area (Å²) in [6.45, 7) is 3.11. The number of para-hydroxylation sites is 3. The van der Waals surface area contributed by atoms with E-state index in [2.05, 4.69) is 6.07 Å². The molecule has 2 aliphatic rings. The maximum Gasteiger partial charge on any atom is 0.265 e. The molecule has 1 fully saturated rings. The molecule has 0 saturated carbocycles. The molecule has 1 aromatic heterocycles. The molecule has 0 unspecified atom stereocenters. The van der Waals surface area contributed by atoms with Crippen molar-refractivity contribution >= 4 is 39.1 Å². The van der Waals surface area contributed by atoms with E-state index >= 15 is 0 Å². The van der Waals surface area contributed by atoms with Gasteiger partial charge in [-0.25, -0.2) is 4.98 Å². The first kappa shape index (κ1) is 19.1. The van der Waals surface area contributed by atoms with Gasteiger partial charge in [-0.3, -0.25) is 9.59 Å². The van der Waals surface area contributed by atoms with E-state index in [1.54, 1.807) is 16.2 Å². The summed E-state index contributed by atoms with van der Waals surface area (Å²) in [4.78, 5) is 33.8. The van der Waals surface area contributed by atoms with Gasteiger partial charge in [-0.1, -0.05) is 24.3 Å². The fraction of sp³-hybridized carbons (Fsp3) is 0.348. The number of likely N-dealkylation sites (tertiary alicyclic amines) is 1. The Labute approximate surface area is 179 Å². The fourth-order valence-electron chi connectivity index (χ4n) is 4.31. The lowest BCUT2D eigenvalue weighted by Gasteiger charge is -2.38. The normalized spacial score (nSPS) is 21.2. The topological polar surface area (TPSA) is 62.7 Å². The van der Waals surface area contributed by atoms with Gasteiger partial charge >= 0.3 is 0 Å². The minimum atomic E-state index is -0.682. The third-order valence-corrected chi connectivity index (χ3v) is 7.02. The molecule has 0 radical (unpaired) electrons. The highest BCUT2D eigenvalue weighted by Crippen LogP contribution is 2.36. The Kier molecular flexibility index (Phi) is 4.90. The molecule has 2 aromatic carbocycles. The van der Waals surface area contributed by atoms with Crippen LogP contribution in [0.15, 0.2) is 48.5 Å². The highest BCUT2D eigenvalue weighted by Gasteiger charge is 2.37. The van der Waals surface area contributed by atoms with E-state index < -0.39 is 6.10 Å². The van der Waals surface area contributed by atoms with Gasteiger partial charge in [0.15, 0.2) is 6.10 Å². The molecule has 7 heteroatoms. The fourth-order valence-corrected chi connectivity index (χ4v) is 5.40. The van der Waals surface area contributed by atoms with Crippen molar-refractivity contribution in [1.82, 2.24) is 9.88 Å². The molecular formula is C23H23N3O3S. The lowest BCUT2D eigenvalue weighted by atomic mass is 9.98. The van der Waals surface area contributed by atoms with Crippen LogP contribution in [0.3, 0.4) is 0 Å². The predicted molar refractivity (Wildman–Crippen MR) is 117 cm³/mol. The summed E-state index contributed by atoms with van der Waals surface area (Å²) in [6.07, 6.45) is 1.28. The molecule has 30 heavy (non-hydrogen) atoms. The minimum Gasteiger partial charge on any atom is -0.476 e. The second-order valence-electron chi connectivity index (χ2n) is 7.85. The van der Waals surface area contributed by atoms with Gasteiger partial charge in [-0.15, -0.1) is 11.3 Å². The number of rotatable bonds is 2. The second-order valence-corrected chi connectivity index (χ2v) is 8.91. The van der Waals surface area contributed by atoms with Crippen molar-refractivity contribution in [3.63, 3.8) is 0 Å². The van der Waals surface area contributed by atoms with Gasteiger partial charge in [-0.05, 0) is 37.1 Å². The molecule has 0 spiro atoms. The number of thiazole rings is 1. The first-order chi connectivity index (χ1) is 14.6. The van der Waals surface area contributed by atoms with Gasteiger partial charge in [0.2, 0.25) is 5.91 Å². The lowest BCUT2D eigenvalue weighted by molar-refractivity contribution is -0.140. The van der Waals surface area contributed by atoms with E-state index in [1.807, 2.05) is 47.4 Å². The van der Waals surface area contributed by atoms with Gasteiger partial charge in [-0.2, -0.15) is 0 Å². The SMILES string of the molecule is CC(=O)N1C[C@H](C(=O)N2CCC[C@@H](c3nc4ccccc4s3)C2)Oc2ccccc21. The Morgan fingerprint density at radius 2 is 1.90 bits per heavy atom. The molecule has 2 amide bonds. The number of carbonyl (C=O) groups excluding carboxylic acids is 2. The molecule has 2 atom stereocenters. The zero-order valence-electron chi connectivity index (χ0n) is 16.8. The van der Waals surface area contributed by atoms with E-state index in [0.29, 0.717) is 18.8 Å². The molecule has 2 aliphatic heterocycles. The highest BCUT2D eigenvalue weighted by atomic mass is 32.1. The zero-order chi connectivity index (χ0) is 20.7. The molecule has 0 bridgehead atoms. The number of fused-ring (bicyclic) bond motifs is 2. The van der Waals surface area contributed by atoms with E-state index in [-0.39, 0.29) is 24.3 Å². The van der Waals surface area contributed by atoms with Crippen molar-refractivity contribution in [2.24, 2.45) is 0 Å². The Morgan fingerprint density at radius 3 is 2.73 bits per heavy atom. The molecule has 3 heterocycles. The molecule has 3 aromatic rings. The number of benzene rings is 2. The van der Waals surface area contributed by atoms with E-state index in [0.717, 1.165) is 29.1 Å². The number of nitrogens with zero attached hydrogens (tertiary/aromatic N) is 3. The summed E-state index contributed by atoms with van der Waals surface area (Å²) < 4.78 is 7.20. The van der Waals surface area contributed by atoms with E-state index in [4.69, 9.17) is 9.72 Å². The summed E-state index contributed by atoms with van der Waals surface area (Å²) in [6, 6.07) is 15.5. The van der Waals surface area contributed by atoms with Crippen molar-refractivity contribution in [3.8, 4) is 5.75 Å². The van der Waals surface area contributed by atoms with Gasteiger partial charge in [0.05, 0.1) is 27.5 Å². The number of amides is 2. The van der Waals surface area contributed by atoms with Crippen molar-refractivity contribution in [2.75, 3.05) is 24.5 Å². The monoisotopic (exact) mass is 421 g/mol. The first-order valence-corrected chi connectivity index (χ1v) is 11.1. The maximum absolute atomic E-state index is 13.3. The maximum atomic E-state index is 13.3. The number of carbonyl (C=O) groups is 2. The van der Waals surface area contributed by atoms with Crippen molar-refractivity contribution in [2.45, 2.75) is 31.8 Å². The average molecular weight is 422 g/mol. The van der Waals surface area contributed by atoms with Crippen LogP contribution in [0.5, 0.6) is 5.75 Å². The Morgan fingerprint density at radius 1 is 1.10 bits per heavy atom. The van der Waals surface area contributed by atoms with Crippen LogP contribution in [0, 0.1) is 0 Å². The Balaban J connectivity index is 1.35. The number of anilines is 1. The minimum absolute atomic E-state index is 0.0541. The molecule has 0 aliphatic carbocycles. The summed E-state index contributed by atoms with van der Waals surface area (Å²) in [7, 11) is 0. The van der Waals surface area contributed by atoms with Crippen LogP contribution in [0.2, 0.25) is 0 Å². The smallest absolute Gasteiger partial charge is 0.265 e. The van der Waals surface area contributed by atoms with Crippen LogP contribution in [-0.4, -0.2) is 47.4 Å². The van der Waals surface area contributed by atoms with Crippen LogP contribution in [-0.2, 0) is 9.59 Å². The number of piperidine rings is 1. The van der Waals surface area contributed by atoms with Gasteiger partial charge < -0.3 is 14.5 Å². The summed E-state index contributed by atoms with van der Waals surface area (Å²) in [5, 5.41) is 1.09. The number of hydrogen-bond donors (Lipinski definition) is 0. The van der Waals surface area contributed by atoms with E-state index in [1.165, 1.54) is 11.6 Å². The first-order valence-electron chi connectivity index (χ1n) is 10.3. The third kappa shape index (κ3) is 3.43. The molecule has 5 rings (SSSR count). The highest BCUT2D eigenvalue weighted by molar-refractivity contribution is 7.18. The average Bonchev–Trinajstić information content (AvgIpc) is 3.22. The molecular weight excluding hydrogens is 398 g/mol. The van der Waals surface area contributed by atoms with Crippen LogP contribution in [0.25, 0.3) is 10.2 Å². The predicted octanol–water partition coefficient (Wildman–Crippen LogP) is 3.82. The van der Waals surface area contributed by atoms with Crippen molar-refractivity contribution in [1.29, 1.82) is 0 Å². The van der Waals surface area contributed by atoms with Gasteiger partial charge in [0.25, 0.3) is 5.91 Å². The third-order valence-electron chi connectivity index (χ3n) is 5.82. The lowest BCUT2D eigenvalue weighted by Crippen LogP contribution is -2.53. The van der Waals surface area contributed by atoms with Crippen LogP contribution in [0.1, 0.15) is 30.7 Å². The quantitative estimate of drug-likeness (QED) is 0.631. The van der Waals surface area contributed by atoms with Crippen LogP contribution >= 0.6 is 11.3 Å². The van der Waals surface area contributed by atoms with Gasteiger partial charge in [0, 0.05) is 25.9 Å². The zero-order valence-corrected chi connectivity index (χ0v) is 17.6. The van der Waals surface area contributed by atoms with E-state index in [9.17, 15) is 9.59 Å². The molecule has 1 saturated heterocycles. The largest absolute Gasteiger partial charge is 0.476 e. The summed E-state index contributed by atoms with van der Waals surface area (Å²) in [5.41, 5.74) is 1.74. The second kappa shape index (κ2) is 7.72. The summed E-state index contributed by atoms with van der Waals surface area (Å²) in [5.74, 6) is 0.674. The molecule has 6 nitrogen and oxygen atoms in total. The number of ether oxygens (including phenoxy) is 1. The number of hydrogen-bond acceptors (Lipinski definition) is 5. The van der Waals surface area contributed by atoms with Crippen LogP contribution < -0.4 is 9.64 Å². The van der Waals surface area contributed by atoms with Crippen molar-refractivity contribution in [3.05, 3.63) is 53.5 Å². The molecule has 0 N–H and O–H groups in total.